The number of hydrogen-bond acceptors (Lipinski definition) is 4. The lowest BCUT2D eigenvalue weighted by Gasteiger charge is -2.35. The van der Waals surface area contributed by atoms with E-state index in [0.29, 0.717) is 17.8 Å². The molecule has 0 amide bonds. The fourth-order valence-corrected chi connectivity index (χ4v) is 2.83. The van der Waals surface area contributed by atoms with E-state index in [0.717, 1.165) is 11.3 Å². The molecule has 0 spiro atoms. The quantitative estimate of drug-likeness (QED) is 0.903. The van der Waals surface area contributed by atoms with E-state index in [-0.39, 0.29) is 0 Å². The minimum absolute atomic E-state index is 0.524. The molecule has 1 heterocycles. The van der Waals surface area contributed by atoms with Gasteiger partial charge in [-0.2, -0.15) is 5.26 Å². The Bertz CT molecular complexity index is 470. The second-order valence-electron chi connectivity index (χ2n) is 5.38. The summed E-state index contributed by atoms with van der Waals surface area (Å²) in [5.41, 5.74) is 2.59. The highest BCUT2D eigenvalue weighted by Crippen LogP contribution is 2.26. The summed E-state index contributed by atoms with van der Waals surface area (Å²) >= 11 is 0. The number of rotatable bonds is 3. The normalized spacial score (nSPS) is 22.8. The third-order valence-electron chi connectivity index (χ3n) is 4.23. The summed E-state index contributed by atoms with van der Waals surface area (Å²) in [6.45, 7) is 1.95. The van der Waals surface area contributed by atoms with Gasteiger partial charge in [0.05, 0.1) is 11.9 Å². The van der Waals surface area contributed by atoms with Gasteiger partial charge in [-0.05, 0) is 51.3 Å². The van der Waals surface area contributed by atoms with Crippen molar-refractivity contribution < 1.29 is 0 Å². The Kier molecular flexibility index (Phi) is 4.39. The first kappa shape index (κ1) is 13.8. The van der Waals surface area contributed by atoms with E-state index in [1.165, 1.54) is 25.7 Å². The smallest absolute Gasteiger partial charge is 0.143 e. The van der Waals surface area contributed by atoms with Crippen LogP contribution >= 0.6 is 0 Å². The molecule has 4 nitrogen and oxygen atoms in total. The number of hydrogen-bond donors (Lipinski definition) is 1. The van der Waals surface area contributed by atoms with Gasteiger partial charge in [-0.1, -0.05) is 0 Å². The van der Waals surface area contributed by atoms with Gasteiger partial charge in [-0.3, -0.25) is 0 Å². The first-order valence-electron chi connectivity index (χ1n) is 6.92. The average molecular weight is 258 g/mol. The van der Waals surface area contributed by atoms with Crippen molar-refractivity contribution in [3.05, 3.63) is 23.5 Å². The van der Waals surface area contributed by atoms with E-state index in [2.05, 4.69) is 34.4 Å². The molecule has 1 aliphatic rings. The van der Waals surface area contributed by atoms with E-state index in [1.807, 2.05) is 20.2 Å². The van der Waals surface area contributed by atoms with Crippen molar-refractivity contribution in [2.45, 2.75) is 44.7 Å². The molecule has 0 bridgehead atoms. The van der Waals surface area contributed by atoms with Gasteiger partial charge in [0.1, 0.15) is 11.8 Å². The second kappa shape index (κ2) is 6.03. The van der Waals surface area contributed by atoms with Crippen molar-refractivity contribution in [2.24, 2.45) is 0 Å². The maximum Gasteiger partial charge on any atom is 0.143 e. The van der Waals surface area contributed by atoms with Gasteiger partial charge in [-0.25, -0.2) is 4.98 Å². The first-order valence-corrected chi connectivity index (χ1v) is 6.92. The van der Waals surface area contributed by atoms with Gasteiger partial charge < -0.3 is 10.2 Å². The summed E-state index contributed by atoms with van der Waals surface area (Å²) in [6, 6.07) is 5.44. The Labute approximate surface area is 115 Å². The van der Waals surface area contributed by atoms with Crippen LogP contribution in [-0.4, -0.2) is 31.2 Å². The highest BCUT2D eigenvalue weighted by Gasteiger charge is 2.23. The van der Waals surface area contributed by atoms with Gasteiger partial charge in [0, 0.05) is 19.1 Å². The van der Waals surface area contributed by atoms with Crippen molar-refractivity contribution >= 4 is 5.69 Å². The lowest BCUT2D eigenvalue weighted by molar-refractivity contribution is 0.351. The van der Waals surface area contributed by atoms with Gasteiger partial charge in [0.15, 0.2) is 0 Å². The summed E-state index contributed by atoms with van der Waals surface area (Å²) < 4.78 is 0. The number of aromatic nitrogens is 1. The molecule has 19 heavy (non-hydrogen) atoms. The summed E-state index contributed by atoms with van der Waals surface area (Å²) in [5, 5.41) is 12.3. The van der Waals surface area contributed by atoms with E-state index >= 15 is 0 Å². The van der Waals surface area contributed by atoms with Crippen LogP contribution in [0.2, 0.25) is 0 Å². The molecule has 0 aliphatic heterocycles. The Hall–Kier alpha value is -1.60. The highest BCUT2D eigenvalue weighted by atomic mass is 15.1. The predicted molar refractivity (Wildman–Crippen MR) is 77.2 cm³/mol. The zero-order valence-electron chi connectivity index (χ0n) is 12.0. The summed E-state index contributed by atoms with van der Waals surface area (Å²) in [7, 11) is 4.18. The number of nitrogens with zero attached hydrogens (tertiary/aromatic N) is 3. The van der Waals surface area contributed by atoms with E-state index in [4.69, 9.17) is 5.26 Å². The molecular formula is C15H22N4. The molecule has 2 rings (SSSR count). The average Bonchev–Trinajstić information content (AvgIpc) is 2.46. The zero-order valence-corrected chi connectivity index (χ0v) is 12.0. The van der Waals surface area contributed by atoms with Crippen LogP contribution in [-0.2, 0) is 0 Å². The molecule has 102 valence electrons. The molecule has 1 N–H and O–H groups in total. The molecule has 0 saturated heterocycles. The van der Waals surface area contributed by atoms with Crippen molar-refractivity contribution in [3.63, 3.8) is 0 Å². The van der Waals surface area contributed by atoms with Crippen LogP contribution in [0, 0.1) is 18.3 Å². The van der Waals surface area contributed by atoms with Crippen LogP contribution in [0.25, 0.3) is 0 Å². The molecule has 0 atom stereocenters. The minimum atomic E-state index is 0.524. The van der Waals surface area contributed by atoms with E-state index in [9.17, 15) is 0 Å². The molecular weight excluding hydrogens is 236 g/mol. The molecule has 1 aromatic rings. The van der Waals surface area contributed by atoms with Crippen LogP contribution in [0.1, 0.15) is 36.9 Å². The maximum atomic E-state index is 8.92. The molecule has 1 fully saturated rings. The SMILES string of the molecule is CNC1CCC(N(C)c2cnc(C#N)c(C)c2)CC1. The summed E-state index contributed by atoms with van der Waals surface area (Å²) in [4.78, 5) is 6.54. The van der Waals surface area contributed by atoms with Crippen LogP contribution in [0.4, 0.5) is 5.69 Å². The first-order chi connectivity index (χ1) is 9.15. The summed E-state index contributed by atoms with van der Waals surface area (Å²) in [5.74, 6) is 0. The molecule has 1 aromatic heterocycles. The standard InChI is InChI=1S/C15H22N4/c1-11-8-14(10-18-15(11)9-16)19(3)13-6-4-12(17-2)5-7-13/h8,10,12-13,17H,4-7H2,1-3H3. The summed E-state index contributed by atoms with van der Waals surface area (Å²) in [6.07, 6.45) is 6.69. The lowest BCUT2D eigenvalue weighted by atomic mass is 9.90. The van der Waals surface area contributed by atoms with Crippen LogP contribution in [0.15, 0.2) is 12.3 Å². The van der Waals surface area contributed by atoms with Crippen molar-refractivity contribution in [1.29, 1.82) is 5.26 Å². The monoisotopic (exact) mass is 258 g/mol. The molecule has 1 aliphatic carbocycles. The zero-order chi connectivity index (χ0) is 13.8. The lowest BCUT2D eigenvalue weighted by Crippen LogP contribution is -2.39. The minimum Gasteiger partial charge on any atom is -0.370 e. The van der Waals surface area contributed by atoms with Crippen LogP contribution in [0.3, 0.4) is 0 Å². The largest absolute Gasteiger partial charge is 0.370 e. The molecule has 1 saturated carbocycles. The molecule has 0 unspecified atom stereocenters. The van der Waals surface area contributed by atoms with Crippen molar-refractivity contribution in [2.75, 3.05) is 19.0 Å². The Balaban J connectivity index is 2.06. The van der Waals surface area contributed by atoms with Crippen LogP contribution < -0.4 is 10.2 Å². The van der Waals surface area contributed by atoms with Gasteiger partial charge in [0.25, 0.3) is 0 Å². The second-order valence-corrected chi connectivity index (χ2v) is 5.38. The van der Waals surface area contributed by atoms with Gasteiger partial charge in [0.2, 0.25) is 0 Å². The topological polar surface area (TPSA) is 52.0 Å². The Morgan fingerprint density at radius 3 is 2.58 bits per heavy atom. The fourth-order valence-electron chi connectivity index (χ4n) is 2.83. The molecule has 4 heteroatoms. The maximum absolute atomic E-state index is 8.92. The predicted octanol–water partition coefficient (Wildman–Crippen LogP) is 2.23. The Morgan fingerprint density at radius 1 is 1.37 bits per heavy atom. The highest BCUT2D eigenvalue weighted by molar-refractivity contribution is 5.49. The van der Waals surface area contributed by atoms with Crippen LogP contribution in [0.5, 0.6) is 0 Å². The number of pyridine rings is 1. The third-order valence-corrected chi connectivity index (χ3v) is 4.23. The van der Waals surface area contributed by atoms with Crippen molar-refractivity contribution in [3.8, 4) is 6.07 Å². The fraction of sp³-hybridized carbons (Fsp3) is 0.600. The van der Waals surface area contributed by atoms with E-state index in [1.54, 1.807) is 0 Å². The third kappa shape index (κ3) is 3.05. The number of nitrogens with one attached hydrogen (secondary N) is 1. The molecule has 0 radical (unpaired) electrons. The Morgan fingerprint density at radius 2 is 2.05 bits per heavy atom. The van der Waals surface area contributed by atoms with Gasteiger partial charge in [-0.15, -0.1) is 0 Å². The molecule has 0 aromatic carbocycles. The number of nitriles is 1. The number of aryl methyl sites for hydroxylation is 1. The van der Waals surface area contributed by atoms with E-state index < -0.39 is 0 Å². The number of anilines is 1. The van der Waals surface area contributed by atoms with Gasteiger partial charge >= 0.3 is 0 Å². The van der Waals surface area contributed by atoms with Crippen molar-refractivity contribution in [1.82, 2.24) is 10.3 Å².